The zero-order chi connectivity index (χ0) is 22.9. The normalized spacial score (nSPS) is 18.6. The van der Waals surface area contributed by atoms with Crippen molar-refractivity contribution in [1.29, 1.82) is 0 Å². The number of amides is 2. The van der Waals surface area contributed by atoms with Crippen molar-refractivity contribution in [3.8, 4) is 0 Å². The molecule has 1 aliphatic heterocycles. The van der Waals surface area contributed by atoms with Crippen LogP contribution in [-0.4, -0.2) is 34.4 Å². The van der Waals surface area contributed by atoms with Gasteiger partial charge in [0.2, 0.25) is 0 Å². The molecule has 1 N–H and O–H groups in total. The van der Waals surface area contributed by atoms with Crippen molar-refractivity contribution in [3.63, 3.8) is 0 Å². The molecule has 1 aromatic heterocycles. The molecule has 2 aromatic carbocycles. The van der Waals surface area contributed by atoms with Crippen LogP contribution < -0.4 is 5.32 Å². The van der Waals surface area contributed by atoms with Gasteiger partial charge in [0.15, 0.2) is 0 Å². The first-order valence-corrected chi connectivity index (χ1v) is 9.67. The Morgan fingerprint density at radius 1 is 1.09 bits per heavy atom. The lowest BCUT2D eigenvalue weighted by Crippen LogP contribution is -2.63. The Balaban J connectivity index is 1.81. The highest BCUT2D eigenvalue weighted by atomic mass is 19.4. The van der Waals surface area contributed by atoms with E-state index in [-0.39, 0.29) is 23.7 Å². The van der Waals surface area contributed by atoms with Crippen molar-refractivity contribution in [2.45, 2.75) is 25.3 Å². The molecule has 4 rings (SSSR count). The number of alkyl halides is 3. The molecule has 0 unspecified atom stereocenters. The quantitative estimate of drug-likeness (QED) is 0.649. The van der Waals surface area contributed by atoms with E-state index in [1.165, 1.54) is 36.6 Å². The maximum atomic E-state index is 14.4. The summed E-state index contributed by atoms with van der Waals surface area (Å²) in [7, 11) is 0. The summed E-state index contributed by atoms with van der Waals surface area (Å²) in [6, 6.07) is 17.1. The number of nitrogens with zero attached hydrogens (tertiary/aromatic N) is 2. The number of nitrogens with one attached hydrogen (secondary N) is 1. The van der Waals surface area contributed by atoms with Crippen LogP contribution >= 0.6 is 0 Å². The third-order valence-electron chi connectivity index (χ3n) is 4.99. The van der Waals surface area contributed by atoms with Gasteiger partial charge in [0.05, 0.1) is 12.8 Å². The number of halogens is 3. The van der Waals surface area contributed by atoms with Gasteiger partial charge in [-0.3, -0.25) is 14.5 Å². The number of carbonyl (C=O) groups excluding carboxylic acids is 2. The first kappa shape index (κ1) is 21.4. The Labute approximate surface area is 181 Å². The topological polar surface area (TPSA) is 74.9 Å². The average Bonchev–Trinajstić information content (AvgIpc) is 3.37. The third kappa shape index (κ3) is 3.77. The van der Waals surface area contributed by atoms with Crippen LogP contribution in [0.5, 0.6) is 0 Å². The highest BCUT2D eigenvalue weighted by Gasteiger charge is 2.67. The van der Waals surface area contributed by atoms with Crippen molar-refractivity contribution in [3.05, 3.63) is 95.4 Å². The summed E-state index contributed by atoms with van der Waals surface area (Å²) in [4.78, 5) is 30.7. The van der Waals surface area contributed by atoms with Crippen LogP contribution in [0.4, 0.5) is 13.2 Å². The van der Waals surface area contributed by atoms with Crippen molar-refractivity contribution in [1.82, 2.24) is 10.2 Å². The highest BCUT2D eigenvalue weighted by molar-refractivity contribution is 6.16. The largest absolute Gasteiger partial charge is 0.467 e. The number of carbonyl (C=O) groups is 2. The molecule has 0 saturated carbocycles. The van der Waals surface area contributed by atoms with Crippen LogP contribution in [-0.2, 0) is 11.3 Å². The molecule has 0 fully saturated rings. The number of aliphatic imine (C=N–C) groups is 1. The second-order valence-corrected chi connectivity index (χ2v) is 7.30. The molecule has 6 nitrogen and oxygen atoms in total. The molecule has 0 bridgehead atoms. The van der Waals surface area contributed by atoms with E-state index in [4.69, 9.17) is 4.42 Å². The first-order valence-electron chi connectivity index (χ1n) is 9.67. The van der Waals surface area contributed by atoms with Crippen molar-refractivity contribution in [2.75, 3.05) is 0 Å². The van der Waals surface area contributed by atoms with Gasteiger partial charge in [0, 0.05) is 11.1 Å². The maximum absolute atomic E-state index is 14.4. The molecule has 2 heterocycles. The molecule has 9 heteroatoms. The summed E-state index contributed by atoms with van der Waals surface area (Å²) in [5.74, 6) is -2.42. The first-order chi connectivity index (χ1) is 15.2. The number of benzene rings is 2. The zero-order valence-corrected chi connectivity index (χ0v) is 16.9. The zero-order valence-electron chi connectivity index (χ0n) is 16.9. The average molecular weight is 441 g/mol. The molecular weight excluding hydrogens is 423 g/mol. The number of furan rings is 1. The summed E-state index contributed by atoms with van der Waals surface area (Å²) in [6.45, 7) is 1.42. The van der Waals surface area contributed by atoms with Gasteiger partial charge in [0.25, 0.3) is 11.8 Å². The Morgan fingerprint density at radius 3 is 2.47 bits per heavy atom. The van der Waals surface area contributed by atoms with E-state index >= 15 is 0 Å². The third-order valence-corrected chi connectivity index (χ3v) is 4.99. The summed E-state index contributed by atoms with van der Waals surface area (Å²) < 4.78 is 48.3. The molecule has 0 saturated heterocycles. The van der Waals surface area contributed by atoms with Crippen molar-refractivity contribution < 1.29 is 27.2 Å². The SMILES string of the molecule is Cc1cccc(C(=O)N[C@@]2(C(F)(F)F)N=C(c3ccccc3)N(Cc3ccco3)C2=O)c1. The van der Waals surface area contributed by atoms with Crippen LogP contribution in [0.2, 0.25) is 0 Å². The Morgan fingerprint density at radius 2 is 1.84 bits per heavy atom. The van der Waals surface area contributed by atoms with Gasteiger partial charge >= 0.3 is 11.8 Å². The van der Waals surface area contributed by atoms with Crippen LogP contribution in [0.3, 0.4) is 0 Å². The summed E-state index contributed by atoms with van der Waals surface area (Å²) in [5.41, 5.74) is -2.50. The number of rotatable bonds is 5. The highest BCUT2D eigenvalue weighted by Crippen LogP contribution is 2.39. The van der Waals surface area contributed by atoms with E-state index in [1.54, 1.807) is 43.3 Å². The molecule has 1 atom stereocenters. The molecule has 0 spiro atoms. The fraction of sp³-hybridized carbons (Fsp3) is 0.174. The fourth-order valence-corrected chi connectivity index (χ4v) is 3.43. The van der Waals surface area contributed by atoms with Crippen LogP contribution in [0.15, 0.2) is 82.4 Å². The van der Waals surface area contributed by atoms with E-state index < -0.39 is 23.7 Å². The Bertz CT molecular complexity index is 1170. The monoisotopic (exact) mass is 441 g/mol. The second kappa shape index (κ2) is 7.99. The van der Waals surface area contributed by atoms with Crippen LogP contribution in [0, 0.1) is 6.92 Å². The summed E-state index contributed by atoms with van der Waals surface area (Å²) in [5, 5.41) is 1.86. The van der Waals surface area contributed by atoms with E-state index in [9.17, 15) is 22.8 Å². The van der Waals surface area contributed by atoms with E-state index in [0.29, 0.717) is 11.1 Å². The summed E-state index contributed by atoms with van der Waals surface area (Å²) in [6.07, 6.45) is -3.84. The molecule has 2 amide bonds. The van der Waals surface area contributed by atoms with Gasteiger partial charge in [-0.05, 0) is 31.2 Å². The lowest BCUT2D eigenvalue weighted by atomic mass is 10.1. The number of hydrogen-bond donors (Lipinski definition) is 1. The lowest BCUT2D eigenvalue weighted by Gasteiger charge is -2.29. The molecular formula is C23H18F3N3O3. The van der Waals surface area contributed by atoms with Gasteiger partial charge in [-0.15, -0.1) is 0 Å². The Hall–Kier alpha value is -3.88. The van der Waals surface area contributed by atoms with Crippen molar-refractivity contribution >= 4 is 17.6 Å². The lowest BCUT2D eigenvalue weighted by molar-refractivity contribution is -0.196. The van der Waals surface area contributed by atoms with Gasteiger partial charge < -0.3 is 9.73 Å². The molecule has 0 radical (unpaired) electrons. The van der Waals surface area contributed by atoms with Crippen LogP contribution in [0.1, 0.15) is 27.2 Å². The number of amidine groups is 1. The minimum Gasteiger partial charge on any atom is -0.467 e. The van der Waals surface area contributed by atoms with E-state index in [2.05, 4.69) is 4.99 Å². The van der Waals surface area contributed by atoms with Gasteiger partial charge in [-0.25, -0.2) is 4.99 Å². The smallest absolute Gasteiger partial charge is 0.442 e. The Kier molecular flexibility index (Phi) is 5.33. The number of aryl methyl sites for hydroxylation is 1. The van der Waals surface area contributed by atoms with Crippen molar-refractivity contribution in [2.24, 2.45) is 4.99 Å². The molecule has 0 aliphatic carbocycles. The fourth-order valence-electron chi connectivity index (χ4n) is 3.43. The predicted molar refractivity (Wildman–Crippen MR) is 110 cm³/mol. The molecule has 1 aliphatic rings. The minimum absolute atomic E-state index is 0.0117. The number of hydrogen-bond acceptors (Lipinski definition) is 4. The predicted octanol–water partition coefficient (Wildman–Crippen LogP) is 4.07. The van der Waals surface area contributed by atoms with Gasteiger partial charge in [-0.2, -0.15) is 13.2 Å². The van der Waals surface area contributed by atoms with E-state index in [0.717, 1.165) is 4.90 Å². The maximum Gasteiger partial charge on any atom is 0.442 e. The molecule has 164 valence electrons. The van der Waals surface area contributed by atoms with Gasteiger partial charge in [-0.1, -0.05) is 48.0 Å². The standard InChI is InChI=1S/C23H18F3N3O3/c1-15-7-5-10-17(13-15)20(30)28-22(23(24,25)26)21(31)29(14-18-11-6-12-32-18)19(27-22)16-8-3-2-4-9-16/h2-13H,14H2,1H3,(H,28,30)/t22-/m0/s1. The van der Waals surface area contributed by atoms with E-state index in [1.807, 2.05) is 5.32 Å². The van der Waals surface area contributed by atoms with Crippen LogP contribution in [0.25, 0.3) is 0 Å². The minimum atomic E-state index is -5.19. The van der Waals surface area contributed by atoms with Gasteiger partial charge in [0.1, 0.15) is 11.6 Å². The molecule has 3 aromatic rings. The summed E-state index contributed by atoms with van der Waals surface area (Å²) >= 11 is 0. The second-order valence-electron chi connectivity index (χ2n) is 7.30. The molecule has 32 heavy (non-hydrogen) atoms.